The fraction of sp³-hybridized carbons (Fsp3) is 0.263. The van der Waals surface area contributed by atoms with E-state index in [9.17, 15) is 19.1 Å². The Morgan fingerprint density at radius 2 is 1.88 bits per heavy atom. The first-order chi connectivity index (χ1) is 12.4. The number of phenolic OH excluding ortho intramolecular Hbond substituents is 1. The van der Waals surface area contributed by atoms with Crippen molar-refractivity contribution >= 4 is 12.0 Å². The number of hydrogen-bond acceptors (Lipinski definition) is 5. The van der Waals surface area contributed by atoms with Crippen LogP contribution in [0.15, 0.2) is 48.5 Å². The van der Waals surface area contributed by atoms with E-state index in [0.717, 1.165) is 12.1 Å². The van der Waals surface area contributed by atoms with Gasteiger partial charge in [0.2, 0.25) is 0 Å². The standard InChI is InChI=1S/C19H20FNO5/c1-12(9-10-22)17(14-7-8-16(23)15(20)11-14)26-19(25)21-18(24)13-5-3-2-4-6-13/h2-8,11-12,17,22-23H,9-10H2,1H3,(H,21,24,25)/t12-,17+/m1/s1. The van der Waals surface area contributed by atoms with Crippen LogP contribution in [0.3, 0.4) is 0 Å². The number of aliphatic hydroxyl groups is 1. The molecule has 0 bridgehead atoms. The number of halogens is 1. The van der Waals surface area contributed by atoms with Crippen LogP contribution in [0.25, 0.3) is 0 Å². The monoisotopic (exact) mass is 361 g/mol. The number of carbonyl (C=O) groups is 2. The molecular formula is C19H20FNO5. The number of carbonyl (C=O) groups excluding carboxylic acids is 2. The summed E-state index contributed by atoms with van der Waals surface area (Å²) in [5.74, 6) is -2.35. The van der Waals surface area contributed by atoms with Crippen molar-refractivity contribution in [1.29, 1.82) is 0 Å². The highest BCUT2D eigenvalue weighted by Crippen LogP contribution is 2.30. The number of imide groups is 1. The third kappa shape index (κ3) is 5.03. The fourth-order valence-electron chi connectivity index (χ4n) is 2.47. The Morgan fingerprint density at radius 1 is 1.19 bits per heavy atom. The SMILES string of the molecule is C[C@H](CCO)[C@H](OC(=O)NC(=O)c1ccccc1)c1ccc(O)c(F)c1. The van der Waals surface area contributed by atoms with Gasteiger partial charge in [-0.3, -0.25) is 10.1 Å². The minimum Gasteiger partial charge on any atom is -0.505 e. The van der Waals surface area contributed by atoms with E-state index in [4.69, 9.17) is 9.84 Å². The lowest BCUT2D eigenvalue weighted by molar-refractivity contribution is 0.0543. The van der Waals surface area contributed by atoms with Gasteiger partial charge >= 0.3 is 6.09 Å². The molecule has 0 aliphatic rings. The van der Waals surface area contributed by atoms with Crippen molar-refractivity contribution < 1.29 is 28.9 Å². The maximum Gasteiger partial charge on any atom is 0.414 e. The molecule has 0 heterocycles. The number of alkyl carbamates (subject to hydrolysis) is 1. The highest BCUT2D eigenvalue weighted by Gasteiger charge is 2.25. The predicted molar refractivity (Wildman–Crippen MR) is 92.1 cm³/mol. The second-order valence-electron chi connectivity index (χ2n) is 5.85. The number of aliphatic hydroxyl groups excluding tert-OH is 1. The minimum atomic E-state index is -0.984. The zero-order valence-corrected chi connectivity index (χ0v) is 14.2. The van der Waals surface area contributed by atoms with Gasteiger partial charge in [-0.25, -0.2) is 9.18 Å². The minimum absolute atomic E-state index is 0.147. The summed E-state index contributed by atoms with van der Waals surface area (Å²) in [7, 11) is 0. The Labute approximate surface area is 150 Å². The summed E-state index contributed by atoms with van der Waals surface area (Å²) in [6.45, 7) is 1.57. The van der Waals surface area contributed by atoms with Crippen LogP contribution in [0.4, 0.5) is 9.18 Å². The number of benzene rings is 2. The molecule has 2 atom stereocenters. The Hall–Kier alpha value is -2.93. The molecule has 2 aromatic carbocycles. The van der Waals surface area contributed by atoms with E-state index >= 15 is 0 Å². The summed E-state index contributed by atoms with van der Waals surface area (Å²) in [5, 5.41) is 20.6. The van der Waals surface area contributed by atoms with Gasteiger partial charge in [0.05, 0.1) is 0 Å². The first-order valence-corrected chi connectivity index (χ1v) is 8.08. The van der Waals surface area contributed by atoms with Gasteiger partial charge in [-0.05, 0) is 42.2 Å². The summed E-state index contributed by atoms with van der Waals surface area (Å²) in [5.41, 5.74) is 0.601. The highest BCUT2D eigenvalue weighted by atomic mass is 19.1. The van der Waals surface area contributed by atoms with E-state index in [1.165, 1.54) is 6.07 Å². The highest BCUT2D eigenvalue weighted by molar-refractivity contribution is 6.02. The van der Waals surface area contributed by atoms with Crippen LogP contribution in [0.1, 0.15) is 35.4 Å². The number of nitrogens with one attached hydrogen (secondary N) is 1. The summed E-state index contributed by atoms with van der Waals surface area (Å²) in [4.78, 5) is 24.1. The van der Waals surface area contributed by atoms with E-state index in [1.807, 2.05) is 0 Å². The summed E-state index contributed by atoms with van der Waals surface area (Å²) < 4.78 is 19.0. The van der Waals surface area contributed by atoms with E-state index in [1.54, 1.807) is 37.3 Å². The maximum atomic E-state index is 13.6. The van der Waals surface area contributed by atoms with E-state index in [2.05, 4.69) is 5.32 Å². The molecule has 3 N–H and O–H groups in total. The van der Waals surface area contributed by atoms with Gasteiger partial charge in [0.15, 0.2) is 11.6 Å². The second-order valence-corrected chi connectivity index (χ2v) is 5.85. The van der Waals surface area contributed by atoms with Gasteiger partial charge in [0.1, 0.15) is 6.10 Å². The normalized spacial score (nSPS) is 12.9. The fourth-order valence-corrected chi connectivity index (χ4v) is 2.47. The van der Waals surface area contributed by atoms with Gasteiger partial charge in [0, 0.05) is 12.2 Å². The van der Waals surface area contributed by atoms with E-state index < -0.39 is 29.7 Å². The molecule has 0 aromatic heterocycles. The van der Waals surface area contributed by atoms with Crippen molar-refractivity contribution in [2.45, 2.75) is 19.4 Å². The molecule has 0 saturated heterocycles. The molecule has 6 nitrogen and oxygen atoms in total. The molecule has 7 heteroatoms. The first-order valence-electron chi connectivity index (χ1n) is 8.08. The summed E-state index contributed by atoms with van der Waals surface area (Å²) >= 11 is 0. The predicted octanol–water partition coefficient (Wildman–Crippen LogP) is 3.16. The lowest BCUT2D eigenvalue weighted by Gasteiger charge is -2.24. The lowest BCUT2D eigenvalue weighted by atomic mass is 9.94. The van der Waals surface area contributed by atoms with Crippen LogP contribution >= 0.6 is 0 Å². The Bertz CT molecular complexity index is 766. The zero-order chi connectivity index (χ0) is 19.1. The van der Waals surface area contributed by atoms with Crippen molar-refractivity contribution in [3.05, 3.63) is 65.5 Å². The molecule has 0 unspecified atom stereocenters. The quantitative estimate of drug-likeness (QED) is 0.734. The third-order valence-electron chi connectivity index (χ3n) is 3.89. The van der Waals surface area contributed by atoms with Gasteiger partial charge in [-0.15, -0.1) is 0 Å². The largest absolute Gasteiger partial charge is 0.505 e. The van der Waals surface area contributed by atoms with Gasteiger partial charge < -0.3 is 14.9 Å². The van der Waals surface area contributed by atoms with Crippen molar-refractivity contribution in [3.8, 4) is 5.75 Å². The van der Waals surface area contributed by atoms with E-state index in [-0.39, 0.29) is 12.5 Å². The lowest BCUT2D eigenvalue weighted by Crippen LogP contribution is -2.33. The number of ether oxygens (including phenoxy) is 1. The Kier molecular flexibility index (Phi) is 6.68. The molecule has 138 valence electrons. The van der Waals surface area contributed by atoms with Crippen LogP contribution in [0, 0.1) is 11.7 Å². The van der Waals surface area contributed by atoms with E-state index in [0.29, 0.717) is 17.5 Å². The van der Waals surface area contributed by atoms with Gasteiger partial charge in [-0.1, -0.05) is 31.2 Å². The maximum absolute atomic E-state index is 13.6. The molecule has 0 saturated carbocycles. The van der Waals surface area contributed by atoms with Crippen LogP contribution < -0.4 is 5.32 Å². The van der Waals surface area contributed by atoms with Crippen molar-refractivity contribution in [2.75, 3.05) is 6.61 Å². The van der Waals surface area contributed by atoms with Crippen LogP contribution in [0.2, 0.25) is 0 Å². The average molecular weight is 361 g/mol. The number of amides is 2. The number of phenols is 1. The number of aromatic hydroxyl groups is 1. The topological polar surface area (TPSA) is 95.9 Å². The molecule has 0 spiro atoms. The van der Waals surface area contributed by atoms with Gasteiger partial charge in [-0.2, -0.15) is 0 Å². The first kappa shape index (κ1) is 19.4. The zero-order valence-electron chi connectivity index (χ0n) is 14.2. The summed E-state index contributed by atoms with van der Waals surface area (Å²) in [6.07, 6.45) is -1.59. The Balaban J connectivity index is 2.14. The molecule has 0 aliphatic carbocycles. The van der Waals surface area contributed by atoms with Crippen molar-refractivity contribution in [3.63, 3.8) is 0 Å². The molecule has 2 aromatic rings. The number of rotatable bonds is 6. The molecule has 26 heavy (non-hydrogen) atoms. The molecular weight excluding hydrogens is 341 g/mol. The summed E-state index contributed by atoms with van der Waals surface area (Å²) in [6, 6.07) is 11.8. The molecule has 2 amide bonds. The number of hydrogen-bond donors (Lipinski definition) is 3. The van der Waals surface area contributed by atoms with Crippen LogP contribution in [-0.4, -0.2) is 28.8 Å². The Morgan fingerprint density at radius 3 is 2.50 bits per heavy atom. The van der Waals surface area contributed by atoms with Crippen LogP contribution in [0.5, 0.6) is 5.75 Å². The molecule has 2 rings (SSSR count). The molecule has 0 radical (unpaired) electrons. The molecule has 0 aliphatic heterocycles. The van der Waals surface area contributed by atoms with Crippen molar-refractivity contribution in [1.82, 2.24) is 5.32 Å². The third-order valence-corrected chi connectivity index (χ3v) is 3.89. The van der Waals surface area contributed by atoms with Crippen molar-refractivity contribution in [2.24, 2.45) is 5.92 Å². The van der Waals surface area contributed by atoms with Gasteiger partial charge in [0.25, 0.3) is 5.91 Å². The molecule has 0 fully saturated rings. The smallest absolute Gasteiger partial charge is 0.414 e. The second kappa shape index (κ2) is 8.96. The van der Waals surface area contributed by atoms with Crippen LogP contribution in [-0.2, 0) is 4.74 Å². The average Bonchev–Trinajstić information content (AvgIpc) is 2.63.